The minimum absolute atomic E-state index is 0.0707. The van der Waals surface area contributed by atoms with Crippen LogP contribution in [0, 0.1) is 5.92 Å². The van der Waals surface area contributed by atoms with Gasteiger partial charge in [0.15, 0.2) is 0 Å². The molecule has 3 N–H and O–H groups in total. The van der Waals surface area contributed by atoms with Crippen molar-refractivity contribution in [3.8, 4) is 0 Å². The van der Waals surface area contributed by atoms with Crippen LogP contribution >= 0.6 is 0 Å². The Morgan fingerprint density at radius 2 is 1.71 bits per heavy atom. The highest BCUT2D eigenvalue weighted by atomic mass is 16.2. The molecule has 2 heterocycles. The van der Waals surface area contributed by atoms with E-state index in [2.05, 4.69) is 10.2 Å². The summed E-state index contributed by atoms with van der Waals surface area (Å²) in [5, 5.41) is 2.78. The van der Waals surface area contributed by atoms with Gasteiger partial charge in [-0.25, -0.2) is 0 Å². The van der Waals surface area contributed by atoms with E-state index >= 15 is 0 Å². The fourth-order valence-corrected chi connectivity index (χ4v) is 4.71. The van der Waals surface area contributed by atoms with Gasteiger partial charge < -0.3 is 20.9 Å². The summed E-state index contributed by atoms with van der Waals surface area (Å²) in [5.41, 5.74) is 7.68. The number of rotatable bonds is 8. The first-order valence-corrected chi connectivity index (χ1v) is 11.6. The van der Waals surface area contributed by atoms with Crippen molar-refractivity contribution >= 4 is 17.7 Å². The highest BCUT2D eigenvalue weighted by molar-refractivity contribution is 5.82. The Morgan fingerprint density at radius 3 is 2.32 bits per heavy atom. The summed E-state index contributed by atoms with van der Waals surface area (Å²) in [6, 6.07) is 7.86. The van der Waals surface area contributed by atoms with Gasteiger partial charge in [0, 0.05) is 38.9 Å². The Hall–Kier alpha value is -2.41. The zero-order valence-electron chi connectivity index (χ0n) is 18.6. The molecular weight excluding hydrogens is 392 g/mol. The van der Waals surface area contributed by atoms with Gasteiger partial charge in [0.25, 0.3) is 0 Å². The molecule has 2 fully saturated rings. The molecule has 0 saturated carbocycles. The zero-order valence-corrected chi connectivity index (χ0v) is 18.6. The molecule has 3 rings (SSSR count). The van der Waals surface area contributed by atoms with E-state index in [4.69, 9.17) is 5.73 Å². The van der Waals surface area contributed by atoms with Crippen LogP contribution in [-0.2, 0) is 20.9 Å². The van der Waals surface area contributed by atoms with Crippen LogP contribution in [-0.4, -0.2) is 60.2 Å². The second-order valence-electron chi connectivity index (χ2n) is 8.92. The van der Waals surface area contributed by atoms with Gasteiger partial charge in [0.1, 0.15) is 0 Å². The third kappa shape index (κ3) is 6.79. The predicted octanol–water partition coefficient (Wildman–Crippen LogP) is 2.01. The Kier molecular flexibility index (Phi) is 8.46. The Morgan fingerprint density at radius 1 is 1.03 bits per heavy atom. The summed E-state index contributed by atoms with van der Waals surface area (Å²) < 4.78 is 0. The van der Waals surface area contributed by atoms with E-state index < -0.39 is 0 Å². The first-order valence-electron chi connectivity index (χ1n) is 11.6. The molecule has 0 unspecified atom stereocenters. The third-order valence-electron chi connectivity index (χ3n) is 6.55. The summed E-state index contributed by atoms with van der Waals surface area (Å²) in [6.45, 7) is 6.14. The maximum Gasteiger partial charge on any atom is 0.223 e. The minimum atomic E-state index is -0.365. The van der Waals surface area contributed by atoms with Gasteiger partial charge >= 0.3 is 0 Å². The average Bonchev–Trinajstić information content (AvgIpc) is 3.04. The van der Waals surface area contributed by atoms with Gasteiger partial charge in [-0.1, -0.05) is 37.1 Å². The topological polar surface area (TPSA) is 95.7 Å². The van der Waals surface area contributed by atoms with Gasteiger partial charge in [-0.3, -0.25) is 14.4 Å². The fraction of sp³-hybridized carbons (Fsp3) is 0.625. The lowest BCUT2D eigenvalue weighted by molar-refractivity contribution is -0.130. The van der Waals surface area contributed by atoms with E-state index in [1.165, 1.54) is 32.6 Å². The van der Waals surface area contributed by atoms with Crippen LogP contribution < -0.4 is 11.1 Å². The van der Waals surface area contributed by atoms with Gasteiger partial charge in [0.05, 0.1) is 5.92 Å². The standard InChI is InChI=1S/C24H36N4O3/c1-18(29)26-15-19-8-10-20(11-9-19)21-16-28(17-22(21)24(25)31)23(30)7-6-14-27-12-4-2-3-5-13-27/h8-11,21-22H,2-7,12-17H2,1H3,(H2,25,31)(H,26,29)/t21-,22+/m1/s1. The highest BCUT2D eigenvalue weighted by Gasteiger charge is 2.39. The lowest BCUT2D eigenvalue weighted by Gasteiger charge is -2.21. The number of hydrogen-bond acceptors (Lipinski definition) is 4. The molecule has 7 heteroatoms. The van der Waals surface area contributed by atoms with E-state index in [1.807, 2.05) is 29.2 Å². The maximum atomic E-state index is 12.8. The quantitative estimate of drug-likeness (QED) is 0.662. The molecule has 31 heavy (non-hydrogen) atoms. The van der Waals surface area contributed by atoms with Crippen molar-refractivity contribution < 1.29 is 14.4 Å². The van der Waals surface area contributed by atoms with Crippen molar-refractivity contribution in [3.05, 3.63) is 35.4 Å². The van der Waals surface area contributed by atoms with Crippen molar-refractivity contribution in [3.63, 3.8) is 0 Å². The molecule has 2 aliphatic heterocycles. The average molecular weight is 429 g/mol. The number of nitrogens with zero attached hydrogens (tertiary/aromatic N) is 2. The van der Waals surface area contributed by atoms with Gasteiger partial charge in [-0.2, -0.15) is 0 Å². The summed E-state index contributed by atoms with van der Waals surface area (Å²) in [5.74, 6) is -0.755. The summed E-state index contributed by atoms with van der Waals surface area (Å²) in [6.07, 6.45) is 6.52. The first kappa shape index (κ1) is 23.3. The maximum absolute atomic E-state index is 12.8. The number of carbonyl (C=O) groups is 3. The van der Waals surface area contributed by atoms with Crippen LogP contribution in [0.4, 0.5) is 0 Å². The highest BCUT2D eigenvalue weighted by Crippen LogP contribution is 2.33. The Bertz CT molecular complexity index is 757. The largest absolute Gasteiger partial charge is 0.369 e. The molecule has 0 aromatic heterocycles. The molecule has 0 aliphatic carbocycles. The van der Waals surface area contributed by atoms with E-state index in [1.54, 1.807) is 0 Å². The zero-order chi connectivity index (χ0) is 22.2. The normalized spacial score (nSPS) is 22.2. The van der Waals surface area contributed by atoms with E-state index in [0.717, 1.165) is 37.2 Å². The van der Waals surface area contributed by atoms with E-state index in [-0.39, 0.29) is 29.6 Å². The SMILES string of the molecule is CC(=O)NCc1ccc([C@H]2CN(C(=O)CCCN3CCCCCC3)C[C@@H]2C(N)=O)cc1. The number of nitrogens with one attached hydrogen (secondary N) is 1. The molecule has 0 bridgehead atoms. The molecule has 0 radical (unpaired) electrons. The molecule has 0 spiro atoms. The number of hydrogen-bond donors (Lipinski definition) is 2. The number of benzene rings is 1. The van der Waals surface area contributed by atoms with Crippen molar-refractivity contribution in [1.29, 1.82) is 0 Å². The van der Waals surface area contributed by atoms with Gasteiger partial charge in [-0.05, 0) is 50.0 Å². The van der Waals surface area contributed by atoms with Crippen LogP contribution in [0.5, 0.6) is 0 Å². The molecule has 2 atom stereocenters. The number of likely N-dealkylation sites (tertiary alicyclic amines) is 2. The van der Waals surface area contributed by atoms with Crippen LogP contribution in [0.3, 0.4) is 0 Å². The van der Waals surface area contributed by atoms with Crippen LogP contribution in [0.1, 0.15) is 62.5 Å². The molecule has 2 aliphatic rings. The number of amides is 3. The molecule has 7 nitrogen and oxygen atoms in total. The third-order valence-corrected chi connectivity index (χ3v) is 6.55. The van der Waals surface area contributed by atoms with E-state index in [0.29, 0.717) is 26.1 Å². The smallest absolute Gasteiger partial charge is 0.223 e. The molecule has 1 aromatic rings. The predicted molar refractivity (Wildman–Crippen MR) is 120 cm³/mol. The molecular formula is C24H36N4O3. The molecule has 2 saturated heterocycles. The van der Waals surface area contributed by atoms with Crippen molar-refractivity contribution in [2.75, 3.05) is 32.7 Å². The number of primary amides is 1. The second-order valence-corrected chi connectivity index (χ2v) is 8.92. The summed E-state index contributed by atoms with van der Waals surface area (Å²) >= 11 is 0. The lowest BCUT2D eigenvalue weighted by atomic mass is 9.88. The minimum Gasteiger partial charge on any atom is -0.369 e. The van der Waals surface area contributed by atoms with Gasteiger partial charge in [-0.15, -0.1) is 0 Å². The molecule has 3 amide bonds. The number of carbonyl (C=O) groups excluding carboxylic acids is 3. The fourth-order valence-electron chi connectivity index (χ4n) is 4.71. The van der Waals surface area contributed by atoms with E-state index in [9.17, 15) is 14.4 Å². The summed E-state index contributed by atoms with van der Waals surface area (Å²) in [7, 11) is 0. The van der Waals surface area contributed by atoms with Crippen molar-refractivity contribution in [2.24, 2.45) is 11.7 Å². The number of nitrogens with two attached hydrogens (primary N) is 1. The van der Waals surface area contributed by atoms with Crippen LogP contribution in [0.25, 0.3) is 0 Å². The molecule has 1 aromatic carbocycles. The van der Waals surface area contributed by atoms with Crippen molar-refractivity contribution in [1.82, 2.24) is 15.1 Å². The van der Waals surface area contributed by atoms with Crippen molar-refractivity contribution in [2.45, 2.75) is 57.9 Å². The first-order chi connectivity index (χ1) is 14.9. The Labute approximate surface area is 185 Å². The molecule has 170 valence electrons. The van der Waals surface area contributed by atoms with Gasteiger partial charge in [0.2, 0.25) is 17.7 Å². The monoisotopic (exact) mass is 428 g/mol. The van der Waals surface area contributed by atoms with Crippen LogP contribution in [0.2, 0.25) is 0 Å². The Balaban J connectivity index is 1.54. The summed E-state index contributed by atoms with van der Waals surface area (Å²) in [4.78, 5) is 40.3. The van der Waals surface area contributed by atoms with Crippen LogP contribution in [0.15, 0.2) is 24.3 Å². The second kappa shape index (κ2) is 11.3. The lowest BCUT2D eigenvalue weighted by Crippen LogP contribution is -2.32.